The molecule has 6 nitrogen and oxygen atoms in total. The van der Waals surface area contributed by atoms with Gasteiger partial charge in [0.2, 0.25) is 5.91 Å². The van der Waals surface area contributed by atoms with Crippen molar-refractivity contribution in [3.8, 4) is 0 Å². The lowest BCUT2D eigenvalue weighted by Crippen LogP contribution is -2.43. The molecule has 0 bridgehead atoms. The monoisotopic (exact) mass is 435 g/mol. The second kappa shape index (κ2) is 9.08. The van der Waals surface area contributed by atoms with Crippen molar-refractivity contribution in [3.63, 3.8) is 0 Å². The van der Waals surface area contributed by atoms with Gasteiger partial charge in [0.05, 0.1) is 47.4 Å². The maximum absolute atomic E-state index is 13.1. The van der Waals surface area contributed by atoms with Gasteiger partial charge in [0.25, 0.3) is 0 Å². The number of aromatic nitrogens is 1. The number of thiazole rings is 1. The van der Waals surface area contributed by atoms with Gasteiger partial charge in [-0.05, 0) is 49.2 Å². The van der Waals surface area contributed by atoms with Crippen LogP contribution in [0.1, 0.15) is 35.3 Å². The predicted molar refractivity (Wildman–Crippen MR) is 120 cm³/mol. The number of piperidine rings is 1. The minimum atomic E-state index is 0.154. The molecule has 0 unspecified atom stereocenters. The van der Waals surface area contributed by atoms with Gasteiger partial charge < -0.3 is 13.7 Å². The zero-order valence-corrected chi connectivity index (χ0v) is 18.1. The number of hydrogen-bond acceptors (Lipinski definition) is 6. The summed E-state index contributed by atoms with van der Waals surface area (Å²) in [5.41, 5.74) is 1.08. The summed E-state index contributed by atoms with van der Waals surface area (Å²) < 4.78 is 12.2. The first-order valence-corrected chi connectivity index (χ1v) is 11.5. The number of furan rings is 2. The van der Waals surface area contributed by atoms with Crippen LogP contribution in [0, 0.1) is 0 Å². The van der Waals surface area contributed by atoms with Crippen LogP contribution in [-0.2, 0) is 17.9 Å². The average Bonchev–Trinajstić information content (AvgIpc) is 3.55. The highest BCUT2D eigenvalue weighted by molar-refractivity contribution is 7.18. The number of likely N-dealkylation sites (tertiary alicyclic amines) is 1. The van der Waals surface area contributed by atoms with E-state index in [0.29, 0.717) is 25.6 Å². The van der Waals surface area contributed by atoms with E-state index in [2.05, 4.69) is 23.1 Å². The van der Waals surface area contributed by atoms with Gasteiger partial charge in [-0.15, -0.1) is 11.3 Å². The maximum atomic E-state index is 13.1. The van der Waals surface area contributed by atoms with Crippen molar-refractivity contribution in [3.05, 3.63) is 77.6 Å². The molecule has 1 fully saturated rings. The maximum Gasteiger partial charge on any atom is 0.236 e. The lowest BCUT2D eigenvalue weighted by molar-refractivity contribution is -0.133. The first-order valence-electron chi connectivity index (χ1n) is 10.6. The lowest BCUT2D eigenvalue weighted by Gasteiger charge is -2.32. The molecular formula is C24H25N3O3S. The topological polar surface area (TPSA) is 62.7 Å². The van der Waals surface area contributed by atoms with Crippen molar-refractivity contribution in [1.82, 2.24) is 14.8 Å². The number of rotatable bonds is 7. The Bertz CT molecular complexity index is 1040. The molecule has 4 aromatic rings. The van der Waals surface area contributed by atoms with Crippen LogP contribution < -0.4 is 0 Å². The van der Waals surface area contributed by atoms with E-state index in [1.54, 1.807) is 23.9 Å². The number of amides is 1. The van der Waals surface area contributed by atoms with E-state index in [9.17, 15) is 4.79 Å². The summed E-state index contributed by atoms with van der Waals surface area (Å²) in [5.74, 6) is 2.27. The van der Waals surface area contributed by atoms with Crippen LogP contribution >= 0.6 is 11.3 Å². The fourth-order valence-corrected chi connectivity index (χ4v) is 5.28. The van der Waals surface area contributed by atoms with Crippen LogP contribution in [0.2, 0.25) is 0 Å². The number of hydrogen-bond donors (Lipinski definition) is 0. The van der Waals surface area contributed by atoms with Gasteiger partial charge >= 0.3 is 0 Å². The minimum Gasteiger partial charge on any atom is -0.468 e. The van der Waals surface area contributed by atoms with Crippen molar-refractivity contribution < 1.29 is 13.6 Å². The molecule has 1 aliphatic rings. The number of carbonyl (C=O) groups is 1. The summed E-state index contributed by atoms with van der Waals surface area (Å²) in [4.78, 5) is 21.9. The molecule has 1 aliphatic heterocycles. The molecule has 4 heterocycles. The molecule has 0 spiro atoms. The van der Waals surface area contributed by atoms with E-state index in [1.165, 1.54) is 9.71 Å². The summed E-state index contributed by atoms with van der Waals surface area (Å²) in [7, 11) is 0. The summed E-state index contributed by atoms with van der Waals surface area (Å²) in [6.45, 7) is 3.03. The Balaban J connectivity index is 1.20. The van der Waals surface area contributed by atoms with Gasteiger partial charge in [-0.25, -0.2) is 4.98 Å². The second-order valence-electron chi connectivity index (χ2n) is 7.98. The van der Waals surface area contributed by atoms with Crippen LogP contribution in [0.4, 0.5) is 0 Å². The van der Waals surface area contributed by atoms with Gasteiger partial charge in [0.15, 0.2) is 0 Å². The Hall–Kier alpha value is -2.90. The van der Waals surface area contributed by atoms with E-state index >= 15 is 0 Å². The van der Waals surface area contributed by atoms with E-state index < -0.39 is 0 Å². The van der Waals surface area contributed by atoms with Gasteiger partial charge in [0, 0.05) is 19.0 Å². The Kier molecular flexibility index (Phi) is 5.86. The molecule has 0 N–H and O–H groups in total. The Labute approximate surface area is 185 Å². The third-order valence-electron chi connectivity index (χ3n) is 5.79. The smallest absolute Gasteiger partial charge is 0.236 e. The highest BCUT2D eigenvalue weighted by atomic mass is 32.1. The largest absolute Gasteiger partial charge is 0.468 e. The molecule has 1 aromatic carbocycles. The highest BCUT2D eigenvalue weighted by Crippen LogP contribution is 2.33. The molecule has 7 heteroatoms. The van der Waals surface area contributed by atoms with Gasteiger partial charge in [-0.1, -0.05) is 12.1 Å². The summed E-state index contributed by atoms with van der Waals surface area (Å²) in [6, 6.07) is 15.9. The Morgan fingerprint density at radius 3 is 2.29 bits per heavy atom. The summed E-state index contributed by atoms with van der Waals surface area (Å²) in [6.07, 6.45) is 5.24. The molecule has 0 saturated carbocycles. The third kappa shape index (κ3) is 4.73. The van der Waals surface area contributed by atoms with Crippen molar-refractivity contribution >= 4 is 27.5 Å². The molecule has 0 aliphatic carbocycles. The Morgan fingerprint density at radius 1 is 1.00 bits per heavy atom. The van der Waals surface area contributed by atoms with E-state index in [0.717, 1.165) is 43.0 Å². The van der Waals surface area contributed by atoms with Crippen LogP contribution in [0.3, 0.4) is 0 Å². The normalized spacial score (nSPS) is 15.2. The van der Waals surface area contributed by atoms with Crippen LogP contribution in [0.5, 0.6) is 0 Å². The molecule has 5 rings (SSSR count). The molecular weight excluding hydrogens is 410 g/mol. The summed E-state index contributed by atoms with van der Waals surface area (Å²) >= 11 is 1.78. The van der Waals surface area contributed by atoms with Gasteiger partial charge in [-0.2, -0.15) is 0 Å². The van der Waals surface area contributed by atoms with E-state index in [4.69, 9.17) is 13.8 Å². The molecule has 31 heavy (non-hydrogen) atoms. The molecule has 160 valence electrons. The fourth-order valence-electron chi connectivity index (χ4n) is 4.15. The first kappa shape index (κ1) is 20.0. The molecule has 1 saturated heterocycles. The Morgan fingerprint density at radius 2 is 1.68 bits per heavy atom. The highest BCUT2D eigenvalue weighted by Gasteiger charge is 2.27. The van der Waals surface area contributed by atoms with E-state index in [1.807, 2.05) is 35.2 Å². The second-order valence-corrected chi connectivity index (χ2v) is 9.04. The van der Waals surface area contributed by atoms with Gasteiger partial charge in [0.1, 0.15) is 11.5 Å². The van der Waals surface area contributed by atoms with Crippen molar-refractivity contribution in [2.24, 2.45) is 0 Å². The number of nitrogens with zero attached hydrogens (tertiary/aromatic N) is 3. The minimum absolute atomic E-state index is 0.154. The van der Waals surface area contributed by atoms with Gasteiger partial charge in [-0.3, -0.25) is 9.69 Å². The van der Waals surface area contributed by atoms with Crippen molar-refractivity contribution in [2.75, 3.05) is 19.6 Å². The number of carbonyl (C=O) groups excluding carboxylic acids is 1. The average molecular weight is 436 g/mol. The number of benzene rings is 1. The van der Waals surface area contributed by atoms with E-state index in [-0.39, 0.29) is 5.91 Å². The first-order chi connectivity index (χ1) is 15.2. The molecule has 0 atom stereocenters. The lowest BCUT2D eigenvalue weighted by atomic mass is 9.97. The predicted octanol–water partition coefficient (Wildman–Crippen LogP) is 4.89. The number of fused-ring (bicyclic) bond motifs is 1. The standard InChI is InChI=1S/C24H25N3O3S/c28-23(17-26(15-19-5-3-13-29-19)16-20-6-4-14-30-20)27-11-9-18(10-12-27)24-25-21-7-1-2-8-22(21)31-24/h1-8,13-14,18H,9-12,15-17H2. The van der Waals surface area contributed by atoms with Crippen LogP contribution in [-0.4, -0.2) is 40.3 Å². The number of para-hydroxylation sites is 1. The SMILES string of the molecule is O=C(CN(Cc1ccco1)Cc1ccco1)N1CCC(c2nc3ccccc3s2)CC1. The van der Waals surface area contributed by atoms with Crippen LogP contribution in [0.25, 0.3) is 10.2 Å². The summed E-state index contributed by atoms with van der Waals surface area (Å²) in [5, 5.41) is 1.20. The zero-order valence-electron chi connectivity index (χ0n) is 17.3. The third-order valence-corrected chi connectivity index (χ3v) is 6.98. The zero-order chi connectivity index (χ0) is 21.0. The molecule has 0 radical (unpaired) electrons. The van der Waals surface area contributed by atoms with Crippen molar-refractivity contribution in [2.45, 2.75) is 31.8 Å². The molecule has 3 aromatic heterocycles. The van der Waals surface area contributed by atoms with Crippen LogP contribution in [0.15, 0.2) is 69.9 Å². The molecule has 1 amide bonds. The fraction of sp³-hybridized carbons (Fsp3) is 0.333. The van der Waals surface area contributed by atoms with Crippen molar-refractivity contribution in [1.29, 1.82) is 0 Å². The quantitative estimate of drug-likeness (QED) is 0.414.